The second-order valence-electron chi connectivity index (χ2n) is 6.75. The lowest BCUT2D eigenvalue weighted by molar-refractivity contribution is -0.161. The Morgan fingerprint density at radius 1 is 1.11 bits per heavy atom. The van der Waals surface area contributed by atoms with Gasteiger partial charge in [0.15, 0.2) is 5.60 Å². The summed E-state index contributed by atoms with van der Waals surface area (Å²) in [6.07, 6.45) is 0.998. The molecule has 1 atom stereocenters. The average molecular weight is 416 g/mol. The van der Waals surface area contributed by atoms with Crippen LogP contribution in [0.25, 0.3) is 0 Å². The smallest absolute Gasteiger partial charge is 0.340 e. The number of anilines is 2. The number of aliphatic carboxylic acids is 1. The van der Waals surface area contributed by atoms with E-state index in [0.29, 0.717) is 17.9 Å². The molecule has 1 N–H and O–H groups in total. The molecule has 1 unspecified atom stereocenters. The first kappa shape index (κ1) is 19.0. The van der Waals surface area contributed by atoms with Crippen molar-refractivity contribution in [2.75, 3.05) is 25.2 Å². The molecule has 7 heteroatoms. The molecule has 0 amide bonds. The van der Waals surface area contributed by atoms with Crippen LogP contribution in [0.5, 0.6) is 5.75 Å². The van der Waals surface area contributed by atoms with Gasteiger partial charge in [-0.2, -0.15) is 0 Å². The quantitative estimate of drug-likeness (QED) is 0.596. The van der Waals surface area contributed by atoms with Gasteiger partial charge in [-0.1, -0.05) is 12.1 Å². The summed E-state index contributed by atoms with van der Waals surface area (Å²) < 4.78 is 11.1. The van der Waals surface area contributed by atoms with E-state index in [1.807, 2.05) is 0 Å². The highest BCUT2D eigenvalue weighted by atomic mass is 32.1. The van der Waals surface area contributed by atoms with E-state index in [2.05, 4.69) is 27.8 Å². The van der Waals surface area contributed by atoms with E-state index in [0.717, 1.165) is 13.0 Å². The molecule has 0 aliphatic carbocycles. The number of nitrogens with zero attached hydrogens (tertiary/aromatic N) is 1. The zero-order chi connectivity index (χ0) is 19.7. The number of carbonyl (C=O) groups is 1. The van der Waals surface area contributed by atoms with Crippen LogP contribution in [-0.2, 0) is 21.6 Å². The molecule has 0 radical (unpaired) electrons. The van der Waals surface area contributed by atoms with Gasteiger partial charge in [0.1, 0.15) is 12.4 Å². The molecule has 1 aromatic carbocycles. The average Bonchev–Trinajstić information content (AvgIpc) is 3.36. The Labute approximate surface area is 171 Å². The third kappa shape index (κ3) is 3.30. The molecule has 146 valence electrons. The maximum Gasteiger partial charge on any atom is 0.340 e. The Kier molecular flexibility index (Phi) is 5.14. The van der Waals surface area contributed by atoms with E-state index < -0.39 is 11.6 Å². The third-order valence-corrected chi connectivity index (χ3v) is 7.08. The van der Waals surface area contributed by atoms with Crippen molar-refractivity contribution in [1.29, 1.82) is 0 Å². The van der Waals surface area contributed by atoms with Crippen LogP contribution in [0.1, 0.15) is 23.6 Å². The summed E-state index contributed by atoms with van der Waals surface area (Å²) in [4.78, 5) is 13.8. The summed E-state index contributed by atoms with van der Waals surface area (Å²) in [5, 5.41) is 16.3. The topological polar surface area (TPSA) is 59.0 Å². The predicted molar refractivity (Wildman–Crippen MR) is 112 cm³/mol. The van der Waals surface area contributed by atoms with Crippen LogP contribution >= 0.6 is 22.7 Å². The number of carboxylic acid groups (broad SMARTS) is 1. The Morgan fingerprint density at radius 3 is 2.25 bits per heavy atom. The molecule has 4 rings (SSSR count). The molecule has 2 aromatic heterocycles. The maximum atomic E-state index is 11.5. The van der Waals surface area contributed by atoms with E-state index in [4.69, 9.17) is 9.47 Å². The fourth-order valence-electron chi connectivity index (χ4n) is 3.35. The number of methoxy groups -OCH3 is 1. The van der Waals surface area contributed by atoms with Gasteiger partial charge in [-0.25, -0.2) is 4.79 Å². The van der Waals surface area contributed by atoms with Gasteiger partial charge in [-0.15, -0.1) is 22.7 Å². The van der Waals surface area contributed by atoms with Crippen molar-refractivity contribution in [3.63, 3.8) is 0 Å². The molecule has 0 bridgehead atoms. The van der Waals surface area contributed by atoms with Crippen LogP contribution in [0.2, 0.25) is 0 Å². The highest BCUT2D eigenvalue weighted by Gasteiger charge is 2.35. The van der Waals surface area contributed by atoms with E-state index in [1.54, 1.807) is 53.9 Å². The Hall–Kier alpha value is -2.35. The van der Waals surface area contributed by atoms with E-state index >= 15 is 0 Å². The molecular weight excluding hydrogens is 394 g/mol. The number of rotatable bonds is 7. The zero-order valence-electron chi connectivity index (χ0n) is 15.7. The molecule has 28 heavy (non-hydrogen) atoms. The standard InChI is InChI=1S/C21H21NO4S2/c1-21(25-2,20(23)24)16-3-5-17(6-4-16)26-10-9-22-18-14(7-11-27-18)13-15-8-12-28-19(15)22/h3-8,11-12H,9-10,13H2,1-2H3,(H,23,24). The first-order valence-electron chi connectivity index (χ1n) is 8.95. The lowest BCUT2D eigenvalue weighted by Crippen LogP contribution is -2.34. The molecule has 0 fully saturated rings. The Balaban J connectivity index is 1.43. The fraction of sp³-hybridized carbons (Fsp3) is 0.286. The molecule has 3 aromatic rings. The first-order chi connectivity index (χ1) is 13.5. The zero-order valence-corrected chi connectivity index (χ0v) is 17.3. The molecule has 0 spiro atoms. The Morgan fingerprint density at radius 2 is 1.71 bits per heavy atom. The summed E-state index contributed by atoms with van der Waals surface area (Å²) in [7, 11) is 1.40. The van der Waals surface area contributed by atoms with E-state index in [1.165, 1.54) is 28.2 Å². The van der Waals surface area contributed by atoms with Crippen molar-refractivity contribution in [1.82, 2.24) is 0 Å². The number of thiophene rings is 2. The summed E-state index contributed by atoms with van der Waals surface area (Å²) >= 11 is 3.53. The van der Waals surface area contributed by atoms with Crippen LogP contribution in [0.15, 0.2) is 47.2 Å². The predicted octanol–water partition coefficient (Wildman–Crippen LogP) is 4.88. The molecular formula is C21H21NO4S2. The number of carboxylic acids is 1. The first-order valence-corrected chi connectivity index (χ1v) is 10.7. The van der Waals surface area contributed by atoms with Crippen molar-refractivity contribution in [3.8, 4) is 5.75 Å². The van der Waals surface area contributed by atoms with Gasteiger partial charge in [0.05, 0.1) is 16.5 Å². The fourth-order valence-corrected chi connectivity index (χ4v) is 5.33. The van der Waals surface area contributed by atoms with Crippen molar-refractivity contribution in [2.24, 2.45) is 0 Å². The molecule has 0 saturated carbocycles. The summed E-state index contributed by atoms with van der Waals surface area (Å²) in [5.41, 5.74) is 1.95. The van der Waals surface area contributed by atoms with Crippen molar-refractivity contribution < 1.29 is 19.4 Å². The van der Waals surface area contributed by atoms with Gasteiger partial charge in [0.25, 0.3) is 0 Å². The van der Waals surface area contributed by atoms with Crippen LogP contribution in [-0.4, -0.2) is 31.3 Å². The largest absolute Gasteiger partial charge is 0.492 e. The SMILES string of the molecule is COC(C)(C(=O)O)c1ccc(OCCN2c3sccc3Cc3ccsc32)cc1. The minimum atomic E-state index is -1.36. The minimum absolute atomic E-state index is 0.536. The summed E-state index contributed by atoms with van der Waals surface area (Å²) in [5.74, 6) is -0.310. The second-order valence-corrected chi connectivity index (χ2v) is 8.53. The lowest BCUT2D eigenvalue weighted by atomic mass is 9.96. The monoisotopic (exact) mass is 415 g/mol. The number of ether oxygens (including phenoxy) is 2. The second kappa shape index (κ2) is 7.58. The van der Waals surface area contributed by atoms with E-state index in [-0.39, 0.29) is 0 Å². The third-order valence-electron chi connectivity index (χ3n) is 5.12. The Bertz CT molecular complexity index is 938. The number of fused-ring (bicyclic) bond motifs is 2. The molecule has 0 saturated heterocycles. The van der Waals surface area contributed by atoms with Gasteiger partial charge in [-0.3, -0.25) is 0 Å². The van der Waals surface area contributed by atoms with Crippen LogP contribution in [0.3, 0.4) is 0 Å². The van der Waals surface area contributed by atoms with Crippen LogP contribution < -0.4 is 9.64 Å². The van der Waals surface area contributed by atoms with Crippen molar-refractivity contribution in [3.05, 3.63) is 63.8 Å². The molecule has 3 heterocycles. The number of hydrogen-bond acceptors (Lipinski definition) is 6. The van der Waals surface area contributed by atoms with Crippen molar-refractivity contribution in [2.45, 2.75) is 18.9 Å². The molecule has 1 aliphatic rings. The van der Waals surface area contributed by atoms with Gasteiger partial charge < -0.3 is 19.5 Å². The maximum absolute atomic E-state index is 11.5. The van der Waals surface area contributed by atoms with E-state index in [9.17, 15) is 9.90 Å². The van der Waals surface area contributed by atoms with Gasteiger partial charge in [-0.05, 0) is 58.6 Å². The minimum Gasteiger partial charge on any atom is -0.492 e. The molecule has 1 aliphatic heterocycles. The highest BCUT2D eigenvalue weighted by Crippen LogP contribution is 2.44. The summed E-state index contributed by atoms with van der Waals surface area (Å²) in [6, 6.07) is 11.5. The van der Waals surface area contributed by atoms with Gasteiger partial charge in [0, 0.05) is 13.5 Å². The molecule has 5 nitrogen and oxygen atoms in total. The summed E-state index contributed by atoms with van der Waals surface area (Å²) in [6.45, 7) is 2.83. The normalized spacial score (nSPS) is 14.9. The lowest BCUT2D eigenvalue weighted by Gasteiger charge is -2.28. The van der Waals surface area contributed by atoms with Gasteiger partial charge in [0.2, 0.25) is 0 Å². The van der Waals surface area contributed by atoms with Crippen LogP contribution in [0, 0.1) is 0 Å². The number of benzene rings is 1. The highest BCUT2D eigenvalue weighted by molar-refractivity contribution is 7.17. The number of hydrogen-bond donors (Lipinski definition) is 1. The van der Waals surface area contributed by atoms with Gasteiger partial charge >= 0.3 is 5.97 Å². The van der Waals surface area contributed by atoms with Crippen molar-refractivity contribution >= 4 is 38.6 Å². The van der Waals surface area contributed by atoms with Crippen LogP contribution in [0.4, 0.5) is 10.0 Å².